The third-order valence-corrected chi connectivity index (χ3v) is 3.59. The van der Waals surface area contributed by atoms with Crippen LogP contribution >= 0.6 is 0 Å². The van der Waals surface area contributed by atoms with Crippen molar-refractivity contribution in [3.8, 4) is 17.0 Å². The van der Waals surface area contributed by atoms with E-state index in [-0.39, 0.29) is 11.7 Å². The van der Waals surface area contributed by atoms with E-state index in [2.05, 4.69) is 18.9 Å². The summed E-state index contributed by atoms with van der Waals surface area (Å²) >= 11 is 0. The van der Waals surface area contributed by atoms with Crippen molar-refractivity contribution in [3.63, 3.8) is 0 Å². The highest BCUT2D eigenvalue weighted by atomic mass is 16.5. The molecule has 0 aliphatic heterocycles. The van der Waals surface area contributed by atoms with Crippen molar-refractivity contribution in [1.82, 2.24) is 9.78 Å². The Balaban J connectivity index is 2.55. The van der Waals surface area contributed by atoms with Crippen molar-refractivity contribution in [1.29, 1.82) is 0 Å². The number of rotatable bonds is 5. The summed E-state index contributed by atoms with van der Waals surface area (Å²) in [4.78, 5) is 11.4. The van der Waals surface area contributed by atoms with E-state index in [1.807, 2.05) is 32.0 Å². The van der Waals surface area contributed by atoms with Crippen molar-refractivity contribution >= 4 is 5.97 Å². The quantitative estimate of drug-likeness (QED) is 0.908. The molecule has 22 heavy (non-hydrogen) atoms. The molecule has 0 saturated heterocycles. The molecule has 5 nitrogen and oxygen atoms in total. The number of methoxy groups -OCH3 is 1. The molecule has 0 unspecified atom stereocenters. The van der Waals surface area contributed by atoms with Gasteiger partial charge in [0.05, 0.1) is 12.8 Å². The molecular formula is C17H22N2O3. The van der Waals surface area contributed by atoms with Gasteiger partial charge >= 0.3 is 5.97 Å². The molecule has 0 atom stereocenters. The van der Waals surface area contributed by atoms with Crippen LogP contribution in [0.1, 0.15) is 55.7 Å². The van der Waals surface area contributed by atoms with Gasteiger partial charge in [0, 0.05) is 11.6 Å². The standard InChI is InChI=1S/C17H22N2O3/c1-10(2)13-8-12(6-7-16(13)22-5)14-9-15(17(20)21)19(18-14)11(3)4/h6-11H,1-5H3,(H,20,21). The molecule has 5 heteroatoms. The lowest BCUT2D eigenvalue weighted by Gasteiger charge is -2.13. The number of aromatic nitrogens is 2. The first-order chi connectivity index (χ1) is 10.3. The molecule has 0 aliphatic carbocycles. The highest BCUT2D eigenvalue weighted by Crippen LogP contribution is 2.31. The number of nitrogens with zero attached hydrogens (tertiary/aromatic N) is 2. The minimum atomic E-state index is -0.968. The van der Waals surface area contributed by atoms with E-state index in [4.69, 9.17) is 4.74 Å². The minimum absolute atomic E-state index is 0.0114. The van der Waals surface area contributed by atoms with Gasteiger partial charge in [0.1, 0.15) is 11.4 Å². The summed E-state index contributed by atoms with van der Waals surface area (Å²) in [6.07, 6.45) is 0. The van der Waals surface area contributed by atoms with Crippen molar-refractivity contribution in [2.24, 2.45) is 0 Å². The normalized spacial score (nSPS) is 11.2. The van der Waals surface area contributed by atoms with Gasteiger partial charge in [-0.05, 0) is 49.6 Å². The smallest absolute Gasteiger partial charge is 0.354 e. The van der Waals surface area contributed by atoms with E-state index in [0.717, 1.165) is 16.9 Å². The number of benzene rings is 1. The summed E-state index contributed by atoms with van der Waals surface area (Å²) in [7, 11) is 1.65. The first-order valence-electron chi connectivity index (χ1n) is 7.36. The second-order valence-electron chi connectivity index (χ2n) is 5.87. The van der Waals surface area contributed by atoms with E-state index < -0.39 is 5.97 Å². The average molecular weight is 302 g/mol. The molecule has 0 fully saturated rings. The van der Waals surface area contributed by atoms with Gasteiger partial charge in [-0.1, -0.05) is 13.8 Å². The van der Waals surface area contributed by atoms with Crippen molar-refractivity contribution in [2.45, 2.75) is 39.7 Å². The number of hydrogen-bond acceptors (Lipinski definition) is 3. The molecule has 1 aromatic heterocycles. The first-order valence-corrected chi connectivity index (χ1v) is 7.36. The fourth-order valence-corrected chi connectivity index (χ4v) is 2.43. The lowest BCUT2D eigenvalue weighted by Crippen LogP contribution is -2.11. The molecule has 0 bridgehead atoms. The minimum Gasteiger partial charge on any atom is -0.496 e. The van der Waals surface area contributed by atoms with Crippen LogP contribution in [0.2, 0.25) is 0 Å². The Bertz CT molecular complexity index is 687. The monoisotopic (exact) mass is 302 g/mol. The molecule has 1 heterocycles. The third kappa shape index (κ3) is 2.98. The van der Waals surface area contributed by atoms with E-state index in [9.17, 15) is 9.90 Å². The molecule has 0 amide bonds. The fraction of sp³-hybridized carbons (Fsp3) is 0.412. The second-order valence-corrected chi connectivity index (χ2v) is 5.87. The molecule has 0 aliphatic rings. The van der Waals surface area contributed by atoms with Gasteiger partial charge in [-0.3, -0.25) is 4.68 Å². The molecular weight excluding hydrogens is 280 g/mol. The predicted molar refractivity (Wildman–Crippen MR) is 85.6 cm³/mol. The largest absolute Gasteiger partial charge is 0.496 e. The molecule has 2 rings (SSSR count). The van der Waals surface area contributed by atoms with Crippen LogP contribution in [-0.2, 0) is 0 Å². The van der Waals surface area contributed by atoms with Gasteiger partial charge in [0.2, 0.25) is 0 Å². The third-order valence-electron chi connectivity index (χ3n) is 3.59. The van der Waals surface area contributed by atoms with Crippen LogP contribution in [0, 0.1) is 0 Å². The van der Waals surface area contributed by atoms with Gasteiger partial charge in [0.25, 0.3) is 0 Å². The van der Waals surface area contributed by atoms with Crippen LogP contribution in [-0.4, -0.2) is 28.0 Å². The number of carboxylic acid groups (broad SMARTS) is 1. The molecule has 118 valence electrons. The lowest BCUT2D eigenvalue weighted by atomic mass is 9.98. The second kappa shape index (κ2) is 6.22. The topological polar surface area (TPSA) is 64.3 Å². The van der Waals surface area contributed by atoms with Crippen LogP contribution in [0.25, 0.3) is 11.3 Å². The SMILES string of the molecule is COc1ccc(-c2cc(C(=O)O)n(C(C)C)n2)cc1C(C)C. The zero-order valence-corrected chi connectivity index (χ0v) is 13.6. The number of aromatic carboxylic acids is 1. The van der Waals surface area contributed by atoms with Gasteiger partial charge in [-0.2, -0.15) is 5.10 Å². The summed E-state index contributed by atoms with van der Waals surface area (Å²) in [6, 6.07) is 7.43. The highest BCUT2D eigenvalue weighted by Gasteiger charge is 2.18. The number of carboxylic acids is 1. The summed E-state index contributed by atoms with van der Waals surface area (Å²) in [6.45, 7) is 8.02. The zero-order chi connectivity index (χ0) is 16.4. The average Bonchev–Trinajstić information content (AvgIpc) is 2.92. The van der Waals surface area contributed by atoms with E-state index in [1.54, 1.807) is 13.2 Å². The summed E-state index contributed by atoms with van der Waals surface area (Å²) < 4.78 is 6.92. The molecule has 0 spiro atoms. The Labute approximate surface area is 130 Å². The summed E-state index contributed by atoms with van der Waals surface area (Å²) in [5.41, 5.74) is 2.84. The van der Waals surface area contributed by atoms with Gasteiger partial charge in [0.15, 0.2) is 0 Å². The van der Waals surface area contributed by atoms with Crippen LogP contribution in [0.3, 0.4) is 0 Å². The van der Waals surface area contributed by atoms with Gasteiger partial charge in [-0.25, -0.2) is 4.79 Å². The molecule has 0 radical (unpaired) electrons. The van der Waals surface area contributed by atoms with Crippen molar-refractivity contribution in [2.75, 3.05) is 7.11 Å². The number of ether oxygens (including phenoxy) is 1. The summed E-state index contributed by atoms with van der Waals surface area (Å²) in [5.74, 6) is 0.173. The molecule has 2 aromatic rings. The van der Waals surface area contributed by atoms with Crippen LogP contribution < -0.4 is 4.74 Å². The maximum atomic E-state index is 11.4. The Hall–Kier alpha value is -2.30. The Kier molecular flexibility index (Phi) is 4.54. The highest BCUT2D eigenvalue weighted by molar-refractivity contribution is 5.87. The molecule has 1 aromatic carbocycles. The van der Waals surface area contributed by atoms with Crippen LogP contribution in [0.15, 0.2) is 24.3 Å². The first kappa shape index (κ1) is 16.1. The predicted octanol–water partition coefficient (Wildman–Crippen LogP) is 3.96. The maximum Gasteiger partial charge on any atom is 0.354 e. The maximum absolute atomic E-state index is 11.4. The lowest BCUT2D eigenvalue weighted by molar-refractivity contribution is 0.0681. The van der Waals surface area contributed by atoms with Crippen molar-refractivity contribution in [3.05, 3.63) is 35.5 Å². The molecule has 1 N–H and O–H groups in total. The number of carbonyl (C=O) groups is 1. The Morgan fingerprint density at radius 2 is 1.91 bits per heavy atom. The Morgan fingerprint density at radius 1 is 1.23 bits per heavy atom. The van der Waals surface area contributed by atoms with Crippen LogP contribution in [0.4, 0.5) is 0 Å². The van der Waals surface area contributed by atoms with Crippen LogP contribution in [0.5, 0.6) is 5.75 Å². The Morgan fingerprint density at radius 3 is 2.36 bits per heavy atom. The van der Waals surface area contributed by atoms with E-state index in [1.165, 1.54) is 4.68 Å². The van der Waals surface area contributed by atoms with E-state index >= 15 is 0 Å². The van der Waals surface area contributed by atoms with E-state index in [0.29, 0.717) is 11.6 Å². The van der Waals surface area contributed by atoms with Gasteiger partial charge < -0.3 is 9.84 Å². The molecule has 0 saturated carbocycles. The fourth-order valence-electron chi connectivity index (χ4n) is 2.43. The zero-order valence-electron chi connectivity index (χ0n) is 13.6. The van der Waals surface area contributed by atoms with Crippen molar-refractivity contribution < 1.29 is 14.6 Å². The van der Waals surface area contributed by atoms with Gasteiger partial charge in [-0.15, -0.1) is 0 Å². The summed E-state index contributed by atoms with van der Waals surface area (Å²) in [5, 5.41) is 13.8. The number of hydrogen-bond donors (Lipinski definition) is 1.